The minimum absolute atomic E-state index is 0.168. The lowest BCUT2D eigenvalue weighted by molar-refractivity contribution is -0.129. The summed E-state index contributed by atoms with van der Waals surface area (Å²) >= 11 is 0. The molecule has 0 aliphatic carbocycles. The quantitative estimate of drug-likeness (QED) is 0.649. The Morgan fingerprint density at radius 1 is 1.54 bits per heavy atom. The fourth-order valence-electron chi connectivity index (χ4n) is 1.15. The van der Waals surface area contributed by atoms with Crippen LogP contribution in [0.25, 0.3) is 0 Å². The van der Waals surface area contributed by atoms with Crippen LogP contribution in [0.5, 0.6) is 5.75 Å². The second-order valence-corrected chi connectivity index (χ2v) is 3.42. The summed E-state index contributed by atoms with van der Waals surface area (Å²) in [7, 11) is 0. The highest BCUT2D eigenvalue weighted by molar-refractivity contribution is 5.99. The number of pyridine rings is 1. The Morgan fingerprint density at radius 2 is 2.31 bits per heavy atom. The van der Waals surface area contributed by atoms with Gasteiger partial charge >= 0.3 is 0 Å². The molecular weight excluding hydrogens is 168 g/mol. The van der Waals surface area contributed by atoms with E-state index < -0.39 is 5.60 Å². The topological polar surface area (TPSA) is 51.2 Å². The molecule has 1 aliphatic rings. The number of hydrogen-bond acceptors (Lipinski definition) is 3. The third kappa shape index (κ3) is 1.24. The molecule has 4 heteroatoms. The first-order valence-corrected chi connectivity index (χ1v) is 4.05. The molecule has 2 rings (SSSR count). The highest BCUT2D eigenvalue weighted by Crippen LogP contribution is 2.30. The van der Waals surface area contributed by atoms with Gasteiger partial charge in [0.05, 0.1) is 0 Å². The minimum Gasteiger partial charge on any atom is -0.474 e. The number of fused-ring (bicyclic) bond motifs is 1. The van der Waals surface area contributed by atoms with Gasteiger partial charge in [-0.25, -0.2) is 4.98 Å². The summed E-state index contributed by atoms with van der Waals surface area (Å²) in [6, 6.07) is 3.55. The number of amides is 1. The summed E-state index contributed by atoms with van der Waals surface area (Å²) in [5.74, 6) is 0.942. The standard InChI is InChI=1S/C9H10N2O2/c1-9(2)8(12)11-7-6(13-9)4-3-5-10-7/h3-5H,1-2H3,(H,10,11,12). The molecule has 1 aliphatic heterocycles. The first-order valence-electron chi connectivity index (χ1n) is 4.05. The van der Waals surface area contributed by atoms with Crippen molar-refractivity contribution in [2.24, 2.45) is 0 Å². The number of carbonyl (C=O) groups is 1. The van der Waals surface area contributed by atoms with Gasteiger partial charge in [0.25, 0.3) is 5.91 Å². The smallest absolute Gasteiger partial charge is 0.269 e. The molecule has 1 aromatic rings. The maximum Gasteiger partial charge on any atom is 0.269 e. The molecule has 1 aromatic heterocycles. The molecule has 13 heavy (non-hydrogen) atoms. The third-order valence-corrected chi connectivity index (χ3v) is 1.91. The Labute approximate surface area is 75.9 Å². The average molecular weight is 178 g/mol. The zero-order chi connectivity index (χ0) is 9.47. The van der Waals surface area contributed by atoms with Crippen LogP contribution < -0.4 is 10.1 Å². The Bertz CT molecular complexity index is 360. The number of rotatable bonds is 0. The van der Waals surface area contributed by atoms with Gasteiger partial charge < -0.3 is 10.1 Å². The van der Waals surface area contributed by atoms with E-state index >= 15 is 0 Å². The second kappa shape index (κ2) is 2.45. The van der Waals surface area contributed by atoms with Crippen LogP contribution in [0.2, 0.25) is 0 Å². The van der Waals surface area contributed by atoms with Crippen LogP contribution in [0, 0.1) is 0 Å². The molecule has 0 unspecified atom stereocenters. The number of ether oxygens (including phenoxy) is 1. The van der Waals surface area contributed by atoms with Crippen molar-refractivity contribution in [3.05, 3.63) is 18.3 Å². The van der Waals surface area contributed by atoms with Gasteiger partial charge in [-0.1, -0.05) is 0 Å². The number of nitrogens with one attached hydrogen (secondary N) is 1. The minimum atomic E-state index is -0.809. The number of hydrogen-bond donors (Lipinski definition) is 1. The molecule has 0 radical (unpaired) electrons. The molecule has 0 saturated carbocycles. The van der Waals surface area contributed by atoms with Gasteiger partial charge in [-0.3, -0.25) is 4.79 Å². The van der Waals surface area contributed by atoms with Crippen LogP contribution in [0.1, 0.15) is 13.8 Å². The van der Waals surface area contributed by atoms with Gasteiger partial charge in [0.15, 0.2) is 17.2 Å². The van der Waals surface area contributed by atoms with Gasteiger partial charge in [-0.05, 0) is 26.0 Å². The summed E-state index contributed by atoms with van der Waals surface area (Å²) in [6.45, 7) is 3.44. The average Bonchev–Trinajstić information content (AvgIpc) is 2.06. The highest BCUT2D eigenvalue weighted by Gasteiger charge is 2.35. The van der Waals surface area contributed by atoms with Crippen molar-refractivity contribution in [1.29, 1.82) is 0 Å². The molecule has 0 saturated heterocycles. The van der Waals surface area contributed by atoms with Crippen molar-refractivity contribution in [3.8, 4) is 5.75 Å². The van der Waals surface area contributed by atoms with Crippen molar-refractivity contribution in [1.82, 2.24) is 4.98 Å². The number of anilines is 1. The van der Waals surface area contributed by atoms with Crippen molar-refractivity contribution in [2.45, 2.75) is 19.4 Å². The zero-order valence-corrected chi connectivity index (χ0v) is 7.50. The van der Waals surface area contributed by atoms with Crippen LogP contribution >= 0.6 is 0 Å². The fraction of sp³-hybridized carbons (Fsp3) is 0.333. The molecule has 0 bridgehead atoms. The van der Waals surface area contributed by atoms with E-state index in [1.165, 1.54) is 0 Å². The van der Waals surface area contributed by atoms with E-state index in [2.05, 4.69) is 10.3 Å². The maximum atomic E-state index is 11.4. The molecule has 1 N–H and O–H groups in total. The lowest BCUT2D eigenvalue weighted by Crippen LogP contribution is -2.45. The Kier molecular flexibility index (Phi) is 1.52. The summed E-state index contributed by atoms with van der Waals surface area (Å²) in [6.07, 6.45) is 1.61. The van der Waals surface area contributed by atoms with Crippen LogP contribution in [-0.2, 0) is 4.79 Å². The molecule has 0 fully saturated rings. The Morgan fingerprint density at radius 3 is 3.08 bits per heavy atom. The lowest BCUT2D eigenvalue weighted by Gasteiger charge is -2.30. The van der Waals surface area contributed by atoms with Gasteiger partial charge in [-0.2, -0.15) is 0 Å². The molecule has 0 spiro atoms. The Hall–Kier alpha value is -1.58. The molecule has 68 valence electrons. The predicted molar refractivity (Wildman–Crippen MR) is 47.6 cm³/mol. The predicted octanol–water partition coefficient (Wildman–Crippen LogP) is 1.19. The van der Waals surface area contributed by atoms with E-state index in [1.807, 2.05) is 0 Å². The van der Waals surface area contributed by atoms with E-state index in [-0.39, 0.29) is 5.91 Å². The summed E-state index contributed by atoms with van der Waals surface area (Å²) in [4.78, 5) is 15.4. The van der Waals surface area contributed by atoms with Crippen molar-refractivity contribution < 1.29 is 9.53 Å². The maximum absolute atomic E-state index is 11.4. The van der Waals surface area contributed by atoms with Gasteiger partial charge in [0, 0.05) is 6.20 Å². The van der Waals surface area contributed by atoms with E-state index in [9.17, 15) is 4.79 Å². The third-order valence-electron chi connectivity index (χ3n) is 1.91. The monoisotopic (exact) mass is 178 g/mol. The van der Waals surface area contributed by atoms with Crippen molar-refractivity contribution in [2.75, 3.05) is 5.32 Å². The molecular formula is C9H10N2O2. The van der Waals surface area contributed by atoms with Crippen LogP contribution in [0.3, 0.4) is 0 Å². The fourth-order valence-corrected chi connectivity index (χ4v) is 1.15. The summed E-state index contributed by atoms with van der Waals surface area (Å²) in [5, 5.41) is 2.68. The van der Waals surface area contributed by atoms with Crippen LogP contribution in [-0.4, -0.2) is 16.5 Å². The SMILES string of the molecule is CC1(C)Oc2cccnc2NC1=O. The van der Waals surface area contributed by atoms with Crippen LogP contribution in [0.15, 0.2) is 18.3 Å². The normalized spacial score (nSPS) is 18.5. The van der Waals surface area contributed by atoms with Crippen molar-refractivity contribution in [3.63, 3.8) is 0 Å². The number of aromatic nitrogens is 1. The summed E-state index contributed by atoms with van der Waals surface area (Å²) in [5.41, 5.74) is -0.809. The van der Waals surface area contributed by atoms with E-state index in [1.54, 1.807) is 32.2 Å². The Balaban J connectivity index is 2.44. The first-order chi connectivity index (χ1) is 6.09. The highest BCUT2D eigenvalue weighted by atomic mass is 16.5. The summed E-state index contributed by atoms with van der Waals surface area (Å²) < 4.78 is 5.46. The van der Waals surface area contributed by atoms with Crippen LogP contribution in [0.4, 0.5) is 5.82 Å². The first kappa shape index (κ1) is 8.04. The molecule has 0 atom stereocenters. The number of carbonyl (C=O) groups excluding carboxylic acids is 1. The van der Waals surface area contributed by atoms with Gasteiger partial charge in [-0.15, -0.1) is 0 Å². The van der Waals surface area contributed by atoms with Crippen molar-refractivity contribution >= 4 is 11.7 Å². The van der Waals surface area contributed by atoms with E-state index in [0.717, 1.165) is 0 Å². The number of nitrogens with zero attached hydrogens (tertiary/aromatic N) is 1. The van der Waals surface area contributed by atoms with Gasteiger partial charge in [0.1, 0.15) is 0 Å². The van der Waals surface area contributed by atoms with E-state index in [4.69, 9.17) is 4.74 Å². The molecule has 1 amide bonds. The zero-order valence-electron chi connectivity index (χ0n) is 7.50. The molecule has 2 heterocycles. The largest absolute Gasteiger partial charge is 0.474 e. The van der Waals surface area contributed by atoms with E-state index in [0.29, 0.717) is 11.6 Å². The molecule has 4 nitrogen and oxygen atoms in total. The second-order valence-electron chi connectivity index (χ2n) is 3.42. The molecule has 0 aromatic carbocycles. The van der Waals surface area contributed by atoms with Gasteiger partial charge in [0.2, 0.25) is 0 Å². The lowest BCUT2D eigenvalue weighted by atomic mass is 10.1.